The van der Waals surface area contributed by atoms with Gasteiger partial charge in [0.2, 0.25) is 0 Å². The van der Waals surface area contributed by atoms with Gasteiger partial charge in [-0.05, 0) is 214 Å². The molecule has 0 aliphatic rings. The van der Waals surface area contributed by atoms with Crippen LogP contribution in [0.15, 0.2) is 243 Å². The van der Waals surface area contributed by atoms with Crippen molar-refractivity contribution in [2.45, 2.75) is 34.6 Å². The van der Waals surface area contributed by atoms with Gasteiger partial charge in [0.1, 0.15) is 69.4 Å². The SMILES string of the molecule is COc1ccc(N(c2ccc([B-](c3ccc(N(c4ccc(C)cc4OC)c4ccc(C)cc4OC)cc3)(c3ccc(N(c4ccc(C)cc4OC)c4ccc(OC)cc4OC)cc3)c3ccc(N(c4ccc(C)cc4OC)c4ccc(OC)cc4OC)cc3)cc2)c2ccc(OC)cc2OC)c(C)c1. The summed E-state index contributed by atoms with van der Waals surface area (Å²) in [7, 11) is 18.5. The summed E-state index contributed by atoms with van der Waals surface area (Å²) < 4.78 is 66.6. The molecule has 12 aromatic rings. The molecule has 0 saturated heterocycles. The van der Waals surface area contributed by atoms with Crippen molar-refractivity contribution in [2.75, 3.05) is 97.8 Å². The van der Waals surface area contributed by atoms with E-state index in [1.54, 1.807) is 78.2 Å². The first-order valence-corrected chi connectivity index (χ1v) is 34.3. The maximum atomic E-state index is 6.22. The molecule has 0 bridgehead atoms. The van der Waals surface area contributed by atoms with Crippen LogP contribution in [0.4, 0.5) is 68.2 Å². The van der Waals surface area contributed by atoms with Crippen molar-refractivity contribution < 1.29 is 52.1 Å². The van der Waals surface area contributed by atoms with E-state index in [0.29, 0.717) is 57.5 Å². The topological polar surface area (TPSA) is 114 Å². The van der Waals surface area contributed by atoms with Gasteiger partial charge >= 0.3 is 0 Å². The Balaban J connectivity index is 1.17. The number of aryl methyl sites for hydroxylation is 5. The van der Waals surface area contributed by atoms with Gasteiger partial charge in [0.25, 0.3) is 0 Å². The Morgan fingerprint density at radius 3 is 0.596 bits per heavy atom. The van der Waals surface area contributed by atoms with Gasteiger partial charge < -0.3 is 71.7 Å². The van der Waals surface area contributed by atoms with Gasteiger partial charge in [-0.25, -0.2) is 0 Å². The Bertz CT molecular complexity index is 4800. The second-order valence-corrected chi connectivity index (χ2v) is 25.5. The smallest absolute Gasteiger partial charge is 0.146 e. The van der Waals surface area contributed by atoms with Gasteiger partial charge in [-0.2, -0.15) is 21.9 Å². The first-order valence-electron chi connectivity index (χ1n) is 34.3. The molecule has 104 heavy (non-hydrogen) atoms. The molecule has 0 aliphatic carbocycles. The Labute approximate surface area is 611 Å². The number of nitrogens with zero attached hydrogens (tertiary/aromatic N) is 4. The molecule has 15 nitrogen and oxygen atoms in total. The average molecular weight is 1390 g/mol. The Morgan fingerprint density at radius 1 is 0.192 bits per heavy atom. The molecule has 0 fully saturated rings. The highest BCUT2D eigenvalue weighted by molar-refractivity contribution is 7.20. The average Bonchev–Trinajstić information content (AvgIpc) is 0.741. The van der Waals surface area contributed by atoms with Crippen molar-refractivity contribution in [1.82, 2.24) is 0 Å². The van der Waals surface area contributed by atoms with E-state index >= 15 is 0 Å². The van der Waals surface area contributed by atoms with Crippen LogP contribution in [0.1, 0.15) is 27.8 Å². The first kappa shape index (κ1) is 71.5. The van der Waals surface area contributed by atoms with Crippen LogP contribution in [0, 0.1) is 34.6 Å². The van der Waals surface area contributed by atoms with E-state index in [2.05, 4.69) is 218 Å². The van der Waals surface area contributed by atoms with E-state index in [1.165, 1.54) is 0 Å². The minimum Gasteiger partial charge on any atom is -0.497 e. The highest BCUT2D eigenvalue weighted by Gasteiger charge is 2.35. The van der Waals surface area contributed by atoms with E-state index in [0.717, 1.165) is 124 Å². The largest absolute Gasteiger partial charge is 0.497 e. The maximum absolute atomic E-state index is 6.22. The minimum atomic E-state index is -2.28. The van der Waals surface area contributed by atoms with Crippen molar-refractivity contribution in [2.24, 2.45) is 0 Å². The number of anilines is 12. The highest BCUT2D eigenvalue weighted by Crippen LogP contribution is 2.50. The fourth-order valence-corrected chi connectivity index (χ4v) is 14.2. The molecule has 0 unspecified atom stereocenters. The number of ether oxygens (including phenoxy) is 11. The van der Waals surface area contributed by atoms with Crippen LogP contribution >= 0.6 is 0 Å². The van der Waals surface area contributed by atoms with Crippen LogP contribution in [0.25, 0.3) is 0 Å². The van der Waals surface area contributed by atoms with Crippen LogP contribution in [-0.2, 0) is 0 Å². The summed E-state index contributed by atoms with van der Waals surface area (Å²) in [4.78, 5) is 8.77. The molecule has 0 N–H and O–H groups in total. The zero-order chi connectivity index (χ0) is 73.3. The van der Waals surface area contributed by atoms with E-state index in [-0.39, 0.29) is 0 Å². The van der Waals surface area contributed by atoms with E-state index in [1.807, 2.05) is 78.9 Å². The molecule has 0 spiro atoms. The highest BCUT2D eigenvalue weighted by atomic mass is 16.5. The van der Waals surface area contributed by atoms with Crippen molar-refractivity contribution in [3.63, 3.8) is 0 Å². The van der Waals surface area contributed by atoms with Gasteiger partial charge in [0.05, 0.1) is 118 Å². The molecule has 530 valence electrons. The van der Waals surface area contributed by atoms with Gasteiger partial charge in [0.15, 0.2) is 0 Å². The number of benzene rings is 12. The standard InChI is InChI=1S/C88H88BN4O11/c1-57-17-41-75(82(49-57)98-10)91(76-42-18-58(2)50-83(76)99-11)67-31-23-63(24-32-67)89(62-21-29-66(30-22-62)90(74-45-37-70(94-6)53-61(74)5)79-46-38-71(95-7)54-86(79)102-14,64-25-33-68(34-26-64)92(77-43-19-59(3)51-84(77)100-12)80-47-39-72(96-8)55-87(80)103-15)65-27-35-69(36-28-65)93(78-44-20-60(4)52-85(78)101-13)81-48-40-73(97-9)56-88(81)104-16/h17-56H,1-16H3/q-1. The monoisotopic (exact) mass is 1390 g/mol. The second kappa shape index (κ2) is 31.3. The fourth-order valence-electron chi connectivity index (χ4n) is 14.2. The summed E-state index contributed by atoms with van der Waals surface area (Å²) in [5.41, 5.74) is 19.2. The van der Waals surface area contributed by atoms with Gasteiger partial charge in [-0.3, -0.25) is 0 Å². The van der Waals surface area contributed by atoms with Crippen molar-refractivity contribution >= 4 is 96.2 Å². The Hall–Kier alpha value is -12.3. The Morgan fingerprint density at radius 2 is 0.385 bits per heavy atom. The number of hydrogen-bond donors (Lipinski definition) is 0. The van der Waals surface area contributed by atoms with Crippen LogP contribution in [0.2, 0.25) is 0 Å². The number of rotatable bonds is 27. The molecule has 0 radical (unpaired) electrons. The third kappa shape index (κ3) is 13.9. The fraction of sp³-hybridized carbons (Fsp3) is 0.182. The molecule has 12 aromatic carbocycles. The van der Waals surface area contributed by atoms with Crippen molar-refractivity contribution in [1.29, 1.82) is 0 Å². The summed E-state index contributed by atoms with van der Waals surface area (Å²) in [6, 6.07) is 84.4. The lowest BCUT2D eigenvalue weighted by Gasteiger charge is -2.45. The number of methoxy groups -OCH3 is 11. The molecule has 12 rings (SSSR count). The van der Waals surface area contributed by atoms with Crippen molar-refractivity contribution in [3.05, 3.63) is 270 Å². The third-order valence-electron chi connectivity index (χ3n) is 19.4. The minimum absolute atomic E-state index is 0.603. The molecule has 0 heterocycles. The molecular formula is C88H88BN4O11-. The third-order valence-corrected chi connectivity index (χ3v) is 19.4. The molecule has 0 amide bonds. The van der Waals surface area contributed by atoms with Gasteiger partial charge in [-0.1, -0.05) is 72.8 Å². The summed E-state index contributed by atoms with van der Waals surface area (Å²) in [6.07, 6.45) is -2.28. The van der Waals surface area contributed by atoms with E-state index < -0.39 is 6.15 Å². The van der Waals surface area contributed by atoms with Gasteiger partial charge in [0, 0.05) is 46.6 Å². The summed E-state index contributed by atoms with van der Waals surface area (Å²) in [6.45, 7) is 10.3. The number of hydrogen-bond acceptors (Lipinski definition) is 15. The maximum Gasteiger partial charge on any atom is 0.146 e. The molecule has 0 saturated carbocycles. The molecular weight excluding hydrogens is 1300 g/mol. The second-order valence-electron chi connectivity index (χ2n) is 25.5. The van der Waals surface area contributed by atoms with Crippen LogP contribution in [0.3, 0.4) is 0 Å². The zero-order valence-electron chi connectivity index (χ0n) is 62.0. The zero-order valence-corrected chi connectivity index (χ0v) is 62.0. The quantitative estimate of drug-likeness (QED) is 0.0455. The lowest BCUT2D eigenvalue weighted by Crippen LogP contribution is -2.74. The van der Waals surface area contributed by atoms with Gasteiger partial charge in [-0.15, -0.1) is 0 Å². The van der Waals surface area contributed by atoms with Crippen LogP contribution in [-0.4, -0.2) is 84.4 Å². The predicted octanol–water partition coefficient (Wildman–Crippen LogP) is 18.6. The Kier molecular flexibility index (Phi) is 21.5. The van der Waals surface area contributed by atoms with E-state index in [4.69, 9.17) is 52.1 Å². The lowest BCUT2D eigenvalue weighted by molar-refractivity contribution is 0.394. The molecule has 0 atom stereocenters. The van der Waals surface area contributed by atoms with Crippen LogP contribution in [0.5, 0.6) is 63.2 Å². The summed E-state index contributed by atoms with van der Waals surface area (Å²) >= 11 is 0. The molecule has 0 aromatic heterocycles. The first-order chi connectivity index (χ1) is 50.6. The summed E-state index contributed by atoms with van der Waals surface area (Å²) in [5.74, 6) is 7.31. The summed E-state index contributed by atoms with van der Waals surface area (Å²) in [5, 5.41) is 0. The van der Waals surface area contributed by atoms with Crippen LogP contribution < -0.4 is 93.6 Å². The van der Waals surface area contributed by atoms with E-state index in [9.17, 15) is 0 Å². The molecule has 16 heteroatoms. The molecule has 0 aliphatic heterocycles. The predicted molar refractivity (Wildman–Crippen MR) is 425 cm³/mol. The normalized spacial score (nSPS) is 11.1. The van der Waals surface area contributed by atoms with Crippen molar-refractivity contribution in [3.8, 4) is 63.2 Å². The lowest BCUT2D eigenvalue weighted by atomic mass is 9.13.